The number of para-hydroxylation sites is 1. The minimum Gasteiger partial charge on any atom is -0.497 e. The molecule has 144 valence electrons. The van der Waals surface area contributed by atoms with Gasteiger partial charge in [0.2, 0.25) is 0 Å². The van der Waals surface area contributed by atoms with Gasteiger partial charge in [0.15, 0.2) is 0 Å². The highest BCUT2D eigenvalue weighted by Gasteiger charge is 2.25. The molecule has 1 saturated heterocycles. The number of nitrogens with zero attached hydrogens (tertiary/aromatic N) is 2. The quantitative estimate of drug-likeness (QED) is 0.656. The van der Waals surface area contributed by atoms with Gasteiger partial charge in [-0.15, -0.1) is 0 Å². The largest absolute Gasteiger partial charge is 0.497 e. The first kappa shape index (κ1) is 18.1. The van der Waals surface area contributed by atoms with Crippen LogP contribution in [0, 0.1) is 6.92 Å². The third kappa shape index (κ3) is 3.33. The van der Waals surface area contributed by atoms with Crippen LogP contribution in [-0.4, -0.2) is 44.1 Å². The van der Waals surface area contributed by atoms with Gasteiger partial charge in [-0.05, 0) is 42.8 Å². The Labute approximate surface area is 162 Å². The SMILES string of the molecule is COc1ccc(N2CCN(C(=O)c3cc4cccc(C)c4oc3=O)CC2)cc1. The zero-order valence-electron chi connectivity index (χ0n) is 16.0. The number of carbonyl (C=O) groups excluding carboxylic acids is 1. The first-order chi connectivity index (χ1) is 13.6. The van der Waals surface area contributed by atoms with E-state index in [1.54, 1.807) is 18.1 Å². The van der Waals surface area contributed by atoms with E-state index in [9.17, 15) is 9.59 Å². The molecule has 0 radical (unpaired) electrons. The Morgan fingerprint density at radius 3 is 2.43 bits per heavy atom. The van der Waals surface area contributed by atoms with Crippen LogP contribution in [0.3, 0.4) is 0 Å². The minimum absolute atomic E-state index is 0.0935. The lowest BCUT2D eigenvalue weighted by Gasteiger charge is -2.36. The normalized spacial score (nSPS) is 14.4. The van der Waals surface area contributed by atoms with Crippen molar-refractivity contribution in [3.63, 3.8) is 0 Å². The molecule has 1 aromatic heterocycles. The van der Waals surface area contributed by atoms with E-state index in [2.05, 4.69) is 4.90 Å². The van der Waals surface area contributed by atoms with Crippen molar-refractivity contribution in [2.75, 3.05) is 38.2 Å². The van der Waals surface area contributed by atoms with Crippen LogP contribution in [0.25, 0.3) is 11.0 Å². The summed E-state index contributed by atoms with van der Waals surface area (Å²) >= 11 is 0. The zero-order chi connectivity index (χ0) is 19.7. The summed E-state index contributed by atoms with van der Waals surface area (Å²) in [5, 5.41) is 0.764. The summed E-state index contributed by atoms with van der Waals surface area (Å²) < 4.78 is 10.6. The average Bonchev–Trinajstić information content (AvgIpc) is 2.74. The molecule has 3 aromatic rings. The molecule has 0 unspecified atom stereocenters. The number of carbonyl (C=O) groups is 1. The Morgan fingerprint density at radius 1 is 1.04 bits per heavy atom. The van der Waals surface area contributed by atoms with Crippen LogP contribution in [0.5, 0.6) is 5.75 Å². The smallest absolute Gasteiger partial charge is 0.349 e. The molecule has 2 aromatic carbocycles. The van der Waals surface area contributed by atoms with E-state index < -0.39 is 5.63 Å². The van der Waals surface area contributed by atoms with Gasteiger partial charge in [-0.3, -0.25) is 4.79 Å². The molecule has 0 N–H and O–H groups in total. The summed E-state index contributed by atoms with van der Waals surface area (Å²) in [5.41, 5.74) is 2.02. The van der Waals surface area contributed by atoms with Crippen LogP contribution >= 0.6 is 0 Å². The second-order valence-corrected chi connectivity index (χ2v) is 6.92. The number of rotatable bonds is 3. The zero-order valence-corrected chi connectivity index (χ0v) is 16.0. The van der Waals surface area contributed by atoms with Crippen LogP contribution in [0.15, 0.2) is 57.7 Å². The third-order valence-electron chi connectivity index (χ3n) is 5.19. The Balaban J connectivity index is 1.50. The molecule has 0 spiro atoms. The average molecular weight is 378 g/mol. The van der Waals surface area contributed by atoms with Crippen molar-refractivity contribution in [2.45, 2.75) is 6.92 Å². The maximum absolute atomic E-state index is 12.9. The van der Waals surface area contributed by atoms with Crippen molar-refractivity contribution in [1.82, 2.24) is 4.90 Å². The van der Waals surface area contributed by atoms with Crippen molar-refractivity contribution in [3.05, 3.63) is 70.1 Å². The Hall–Kier alpha value is -3.28. The molecule has 28 heavy (non-hydrogen) atoms. The Kier molecular flexibility index (Phi) is 4.77. The van der Waals surface area contributed by atoms with Gasteiger partial charge in [0.05, 0.1) is 7.11 Å². The third-order valence-corrected chi connectivity index (χ3v) is 5.19. The van der Waals surface area contributed by atoms with E-state index in [4.69, 9.17) is 9.15 Å². The Morgan fingerprint density at radius 2 is 1.75 bits per heavy atom. The van der Waals surface area contributed by atoms with Crippen molar-refractivity contribution >= 4 is 22.6 Å². The lowest BCUT2D eigenvalue weighted by atomic mass is 10.1. The fourth-order valence-electron chi connectivity index (χ4n) is 3.57. The number of ether oxygens (including phenoxy) is 1. The molecule has 0 bridgehead atoms. The van der Waals surface area contributed by atoms with Crippen LogP contribution in [0.1, 0.15) is 15.9 Å². The molecule has 6 nitrogen and oxygen atoms in total. The highest BCUT2D eigenvalue weighted by atomic mass is 16.5. The Bertz CT molecular complexity index is 1060. The van der Waals surface area contributed by atoms with E-state index in [1.165, 1.54) is 0 Å². The van der Waals surface area contributed by atoms with Gasteiger partial charge >= 0.3 is 5.63 Å². The minimum atomic E-state index is -0.579. The van der Waals surface area contributed by atoms with Crippen LogP contribution in [0.4, 0.5) is 5.69 Å². The molecule has 0 saturated carbocycles. The molecule has 6 heteroatoms. The monoisotopic (exact) mass is 378 g/mol. The fourth-order valence-corrected chi connectivity index (χ4v) is 3.57. The first-order valence-electron chi connectivity index (χ1n) is 9.28. The van der Waals surface area contributed by atoms with Gasteiger partial charge in [-0.2, -0.15) is 0 Å². The van der Waals surface area contributed by atoms with Crippen molar-refractivity contribution < 1.29 is 13.9 Å². The van der Waals surface area contributed by atoms with Gasteiger partial charge in [0.25, 0.3) is 5.91 Å². The molecular weight excluding hydrogens is 356 g/mol. The molecular formula is C22H22N2O4. The number of methoxy groups -OCH3 is 1. The van der Waals surface area contributed by atoms with Gasteiger partial charge in [-0.1, -0.05) is 18.2 Å². The molecule has 1 amide bonds. The van der Waals surface area contributed by atoms with Crippen LogP contribution in [-0.2, 0) is 0 Å². The highest BCUT2D eigenvalue weighted by Crippen LogP contribution is 2.22. The molecule has 1 aliphatic heterocycles. The second kappa shape index (κ2) is 7.38. The topological polar surface area (TPSA) is 63.0 Å². The molecule has 4 rings (SSSR count). The summed E-state index contributed by atoms with van der Waals surface area (Å²) in [6, 6.07) is 15.1. The number of hydrogen-bond donors (Lipinski definition) is 0. The summed E-state index contributed by atoms with van der Waals surface area (Å²) in [7, 11) is 1.64. The number of hydrogen-bond acceptors (Lipinski definition) is 5. The molecule has 1 fully saturated rings. The lowest BCUT2D eigenvalue weighted by Crippen LogP contribution is -2.49. The first-order valence-corrected chi connectivity index (χ1v) is 9.28. The van der Waals surface area contributed by atoms with E-state index in [0.29, 0.717) is 31.8 Å². The standard InChI is InChI=1S/C22H22N2O4/c1-15-4-3-5-16-14-19(22(26)28-20(15)16)21(25)24-12-10-23(11-13-24)17-6-8-18(27-2)9-7-17/h3-9,14H,10-13H2,1-2H3. The van der Waals surface area contributed by atoms with Crippen molar-refractivity contribution in [1.29, 1.82) is 0 Å². The lowest BCUT2D eigenvalue weighted by molar-refractivity contribution is 0.0742. The van der Waals surface area contributed by atoms with Crippen molar-refractivity contribution in [3.8, 4) is 5.75 Å². The van der Waals surface area contributed by atoms with E-state index in [1.807, 2.05) is 49.4 Å². The number of piperazine rings is 1. The predicted octanol–water partition coefficient (Wildman–Crippen LogP) is 3.07. The highest BCUT2D eigenvalue weighted by molar-refractivity contribution is 5.97. The number of fused-ring (bicyclic) bond motifs is 1. The molecule has 0 atom stereocenters. The summed E-state index contributed by atoms with van der Waals surface area (Å²) in [5.74, 6) is 0.544. The maximum atomic E-state index is 12.9. The predicted molar refractivity (Wildman–Crippen MR) is 108 cm³/mol. The van der Waals surface area contributed by atoms with Crippen LogP contribution < -0.4 is 15.3 Å². The number of anilines is 1. The van der Waals surface area contributed by atoms with Crippen LogP contribution in [0.2, 0.25) is 0 Å². The number of amides is 1. The van der Waals surface area contributed by atoms with E-state index in [0.717, 1.165) is 22.4 Å². The second-order valence-electron chi connectivity index (χ2n) is 6.92. The maximum Gasteiger partial charge on any atom is 0.349 e. The number of aryl methyl sites for hydroxylation is 1. The van der Waals surface area contributed by atoms with Gasteiger partial charge in [-0.25, -0.2) is 4.79 Å². The summed E-state index contributed by atoms with van der Waals surface area (Å²) in [6.07, 6.45) is 0. The van der Waals surface area contributed by atoms with E-state index >= 15 is 0 Å². The van der Waals surface area contributed by atoms with Gasteiger partial charge in [0, 0.05) is 37.3 Å². The van der Waals surface area contributed by atoms with Crippen molar-refractivity contribution in [2.24, 2.45) is 0 Å². The van der Waals surface area contributed by atoms with E-state index in [-0.39, 0.29) is 11.5 Å². The van der Waals surface area contributed by atoms with Gasteiger partial charge < -0.3 is 19.0 Å². The fraction of sp³-hybridized carbons (Fsp3) is 0.273. The summed E-state index contributed by atoms with van der Waals surface area (Å²) in [4.78, 5) is 29.2. The molecule has 0 aliphatic carbocycles. The van der Waals surface area contributed by atoms with Gasteiger partial charge in [0.1, 0.15) is 16.9 Å². The molecule has 1 aliphatic rings. The molecule has 2 heterocycles. The summed E-state index contributed by atoms with van der Waals surface area (Å²) in [6.45, 7) is 4.39. The number of benzene rings is 2.